The molecular weight excluding hydrogens is 322 g/mol. The van der Waals surface area contributed by atoms with Gasteiger partial charge in [0.2, 0.25) is 0 Å². The molecule has 4 rings (SSSR count). The molecule has 1 saturated heterocycles. The summed E-state index contributed by atoms with van der Waals surface area (Å²) in [5.74, 6) is 0.322. The van der Waals surface area contributed by atoms with E-state index in [1.807, 2.05) is 13.0 Å². The summed E-state index contributed by atoms with van der Waals surface area (Å²) in [5.41, 5.74) is 2.19. The van der Waals surface area contributed by atoms with E-state index in [2.05, 4.69) is 15.1 Å². The number of oxazole rings is 1. The zero-order chi connectivity index (χ0) is 17.6. The summed E-state index contributed by atoms with van der Waals surface area (Å²) < 4.78 is 6.58. The van der Waals surface area contributed by atoms with Crippen LogP contribution >= 0.6 is 0 Å². The second-order valence-electron chi connectivity index (χ2n) is 6.42. The summed E-state index contributed by atoms with van der Waals surface area (Å²) in [6.45, 7) is 4.21. The number of piperidine rings is 1. The fourth-order valence-corrected chi connectivity index (χ4v) is 3.43. The van der Waals surface area contributed by atoms with Gasteiger partial charge in [0, 0.05) is 24.4 Å². The molecule has 25 heavy (non-hydrogen) atoms. The van der Waals surface area contributed by atoms with Gasteiger partial charge in [0.25, 0.3) is 11.5 Å². The average Bonchev–Trinajstić information content (AvgIpc) is 3.19. The van der Waals surface area contributed by atoms with Gasteiger partial charge in [-0.25, -0.2) is 14.5 Å². The lowest BCUT2D eigenvalue weighted by molar-refractivity contribution is 0.0599. The van der Waals surface area contributed by atoms with E-state index in [9.17, 15) is 9.59 Å². The number of likely N-dealkylation sites (tertiary alicyclic amines) is 1. The molecule has 0 spiro atoms. The Labute approximate surface area is 143 Å². The number of hydrogen-bond donors (Lipinski definition) is 1. The van der Waals surface area contributed by atoms with Crippen LogP contribution in [-0.2, 0) is 0 Å². The van der Waals surface area contributed by atoms with Crippen LogP contribution in [0.1, 0.15) is 52.9 Å². The molecule has 0 saturated carbocycles. The predicted molar refractivity (Wildman–Crippen MR) is 89.4 cm³/mol. The van der Waals surface area contributed by atoms with Crippen molar-refractivity contribution in [2.24, 2.45) is 0 Å². The van der Waals surface area contributed by atoms with Gasteiger partial charge in [0.1, 0.15) is 5.76 Å². The van der Waals surface area contributed by atoms with Crippen molar-refractivity contribution in [1.29, 1.82) is 0 Å². The summed E-state index contributed by atoms with van der Waals surface area (Å²) in [4.78, 5) is 35.7. The Morgan fingerprint density at radius 1 is 1.32 bits per heavy atom. The Hall–Kier alpha value is -2.90. The smallest absolute Gasteiger partial charge is 0.276 e. The molecule has 3 aromatic rings. The third-order valence-corrected chi connectivity index (χ3v) is 4.65. The first-order chi connectivity index (χ1) is 12.0. The van der Waals surface area contributed by atoms with E-state index in [1.54, 1.807) is 11.8 Å². The van der Waals surface area contributed by atoms with E-state index < -0.39 is 0 Å². The Kier molecular flexibility index (Phi) is 3.67. The molecule has 0 radical (unpaired) electrons. The second-order valence-corrected chi connectivity index (χ2v) is 6.42. The van der Waals surface area contributed by atoms with E-state index in [-0.39, 0.29) is 17.5 Å². The number of fused-ring (bicyclic) bond motifs is 1. The lowest BCUT2D eigenvalue weighted by atomic mass is 9.98. The summed E-state index contributed by atoms with van der Waals surface area (Å²) >= 11 is 0. The van der Waals surface area contributed by atoms with Crippen LogP contribution in [0.15, 0.2) is 27.7 Å². The lowest BCUT2D eigenvalue weighted by Gasteiger charge is -2.34. The molecule has 0 aromatic carbocycles. The van der Waals surface area contributed by atoms with E-state index in [4.69, 9.17) is 4.42 Å². The Morgan fingerprint density at radius 3 is 2.92 bits per heavy atom. The van der Waals surface area contributed by atoms with Gasteiger partial charge in [0.05, 0.1) is 11.7 Å². The number of hydrogen-bond acceptors (Lipinski definition) is 5. The number of nitrogens with one attached hydrogen (secondary N) is 1. The third kappa shape index (κ3) is 2.63. The molecule has 1 unspecified atom stereocenters. The van der Waals surface area contributed by atoms with Gasteiger partial charge in [-0.2, -0.15) is 0 Å². The maximum atomic E-state index is 12.9. The number of H-pyrrole nitrogens is 1. The predicted octanol–water partition coefficient (Wildman–Crippen LogP) is 1.99. The number of aromatic amines is 1. The minimum Gasteiger partial charge on any atom is -0.448 e. The first-order valence-corrected chi connectivity index (χ1v) is 8.35. The number of nitrogens with zero attached hydrogens (tertiary/aromatic N) is 4. The molecule has 8 heteroatoms. The fourth-order valence-electron chi connectivity index (χ4n) is 3.43. The zero-order valence-electron chi connectivity index (χ0n) is 14.2. The topological polar surface area (TPSA) is 96.5 Å². The summed E-state index contributed by atoms with van der Waals surface area (Å²) in [5, 5.41) is 2.96. The van der Waals surface area contributed by atoms with Crippen molar-refractivity contribution in [2.45, 2.75) is 39.2 Å². The highest BCUT2D eigenvalue weighted by Crippen LogP contribution is 2.31. The standard InChI is InChI=1S/C17H19N5O3/c1-10-7-14-19-12(8-15(23)22(14)20-10)13-5-3-4-6-21(13)17(24)16-11(2)25-9-18-16/h7-9,13,20H,3-6H2,1-2H3. The van der Waals surface area contributed by atoms with Crippen molar-refractivity contribution in [3.05, 3.63) is 51.7 Å². The van der Waals surface area contributed by atoms with Crippen LogP contribution in [0, 0.1) is 13.8 Å². The number of amides is 1. The minimum absolute atomic E-state index is 0.177. The van der Waals surface area contributed by atoms with Crippen molar-refractivity contribution in [2.75, 3.05) is 6.54 Å². The van der Waals surface area contributed by atoms with Crippen molar-refractivity contribution in [3.63, 3.8) is 0 Å². The fraction of sp³-hybridized carbons (Fsp3) is 0.412. The van der Waals surface area contributed by atoms with Crippen molar-refractivity contribution < 1.29 is 9.21 Å². The Balaban J connectivity index is 1.75. The molecule has 1 fully saturated rings. The first kappa shape index (κ1) is 15.6. The van der Waals surface area contributed by atoms with Gasteiger partial charge in [-0.15, -0.1) is 0 Å². The highest BCUT2D eigenvalue weighted by Gasteiger charge is 2.32. The maximum absolute atomic E-state index is 12.9. The SMILES string of the molecule is Cc1cc2nc(C3CCCCN3C(=O)c3ncoc3C)cc(=O)n2[nH]1. The quantitative estimate of drug-likeness (QED) is 0.769. The van der Waals surface area contributed by atoms with Gasteiger partial charge >= 0.3 is 0 Å². The van der Waals surface area contributed by atoms with Gasteiger partial charge in [-0.05, 0) is 33.1 Å². The number of carbonyl (C=O) groups is 1. The van der Waals surface area contributed by atoms with Crippen LogP contribution in [0.5, 0.6) is 0 Å². The molecule has 1 N–H and O–H groups in total. The number of aromatic nitrogens is 4. The van der Waals surface area contributed by atoms with Gasteiger partial charge < -0.3 is 9.32 Å². The Bertz CT molecular complexity index is 999. The van der Waals surface area contributed by atoms with Crippen LogP contribution in [0.3, 0.4) is 0 Å². The molecule has 4 heterocycles. The Morgan fingerprint density at radius 2 is 2.16 bits per heavy atom. The number of aryl methyl sites for hydroxylation is 2. The lowest BCUT2D eigenvalue weighted by Crippen LogP contribution is -2.39. The molecule has 1 amide bonds. The highest BCUT2D eigenvalue weighted by atomic mass is 16.3. The summed E-state index contributed by atoms with van der Waals surface area (Å²) in [6, 6.07) is 3.10. The minimum atomic E-state index is -0.231. The molecule has 1 aliphatic rings. The van der Waals surface area contributed by atoms with Crippen LogP contribution in [0.25, 0.3) is 5.65 Å². The molecule has 0 bridgehead atoms. The van der Waals surface area contributed by atoms with Crippen molar-refractivity contribution >= 4 is 11.6 Å². The van der Waals surface area contributed by atoms with E-state index >= 15 is 0 Å². The molecular formula is C17H19N5O3. The number of rotatable bonds is 2. The van der Waals surface area contributed by atoms with Crippen LogP contribution < -0.4 is 5.56 Å². The normalized spacial score (nSPS) is 18.0. The van der Waals surface area contributed by atoms with Crippen molar-refractivity contribution in [3.8, 4) is 0 Å². The maximum Gasteiger partial charge on any atom is 0.276 e. The van der Waals surface area contributed by atoms with E-state index in [0.717, 1.165) is 25.0 Å². The van der Waals surface area contributed by atoms with Crippen LogP contribution in [0.4, 0.5) is 0 Å². The first-order valence-electron chi connectivity index (χ1n) is 8.35. The zero-order valence-corrected chi connectivity index (χ0v) is 14.2. The van der Waals surface area contributed by atoms with Crippen LogP contribution in [-0.4, -0.2) is 36.9 Å². The highest BCUT2D eigenvalue weighted by molar-refractivity contribution is 5.93. The van der Waals surface area contributed by atoms with Gasteiger partial charge in [0.15, 0.2) is 17.7 Å². The third-order valence-electron chi connectivity index (χ3n) is 4.65. The van der Waals surface area contributed by atoms with E-state index in [0.29, 0.717) is 29.3 Å². The summed E-state index contributed by atoms with van der Waals surface area (Å²) in [7, 11) is 0. The summed E-state index contributed by atoms with van der Waals surface area (Å²) in [6.07, 6.45) is 3.96. The van der Waals surface area contributed by atoms with Crippen molar-refractivity contribution in [1.82, 2.24) is 24.5 Å². The van der Waals surface area contributed by atoms with Gasteiger partial charge in [-0.3, -0.25) is 14.7 Å². The number of carbonyl (C=O) groups excluding carboxylic acids is 1. The largest absolute Gasteiger partial charge is 0.448 e. The molecule has 1 aliphatic heterocycles. The average molecular weight is 341 g/mol. The van der Waals surface area contributed by atoms with E-state index in [1.165, 1.54) is 17.0 Å². The molecule has 1 atom stereocenters. The molecule has 130 valence electrons. The van der Waals surface area contributed by atoms with Crippen LogP contribution in [0.2, 0.25) is 0 Å². The second kappa shape index (κ2) is 5.87. The molecule has 3 aromatic heterocycles. The molecule has 0 aliphatic carbocycles. The molecule has 8 nitrogen and oxygen atoms in total. The monoisotopic (exact) mass is 341 g/mol. The van der Waals surface area contributed by atoms with Gasteiger partial charge in [-0.1, -0.05) is 0 Å².